The molecule has 0 aromatic rings. The highest BCUT2D eigenvalue weighted by Crippen LogP contribution is 2.02. The van der Waals surface area contributed by atoms with Crippen LogP contribution in [-0.4, -0.2) is 54.4 Å². The maximum absolute atomic E-state index is 12.0. The Morgan fingerprint density at radius 3 is 2.14 bits per heavy atom. The van der Waals surface area contributed by atoms with Crippen LogP contribution in [0.2, 0.25) is 0 Å². The van der Waals surface area contributed by atoms with Gasteiger partial charge >= 0.3 is 0 Å². The zero-order valence-electron chi connectivity index (χ0n) is 8.33. The van der Waals surface area contributed by atoms with Crippen molar-refractivity contribution < 1.29 is 19.0 Å². The van der Waals surface area contributed by atoms with E-state index < -0.39 is 6.43 Å². The van der Waals surface area contributed by atoms with E-state index >= 15 is 0 Å². The van der Waals surface area contributed by atoms with Crippen LogP contribution in [0.25, 0.3) is 0 Å². The minimum Gasteiger partial charge on any atom is -0.396 e. The van der Waals surface area contributed by atoms with Gasteiger partial charge in [0.1, 0.15) is 0 Å². The minimum atomic E-state index is -2.35. The van der Waals surface area contributed by atoms with Gasteiger partial charge in [0.2, 0.25) is 0 Å². The van der Waals surface area contributed by atoms with Gasteiger partial charge in [0.15, 0.2) is 0 Å². The summed E-state index contributed by atoms with van der Waals surface area (Å²) in [6.45, 7) is 0.635. The molecule has 0 radical (unpaired) electrons. The number of unbranched alkanes of at least 4 members (excludes halogenated alkanes) is 2. The number of nitrogens with zero attached hydrogens (tertiary/aromatic N) is 1. The van der Waals surface area contributed by atoms with E-state index in [0.717, 1.165) is 12.8 Å². The second-order valence-electron chi connectivity index (χ2n) is 3.20. The molecule has 0 saturated heterocycles. The molecule has 0 rings (SSSR count). The third-order valence-corrected chi connectivity index (χ3v) is 1.94. The summed E-state index contributed by atoms with van der Waals surface area (Å²) in [5.74, 6) is 0. The van der Waals surface area contributed by atoms with Crippen LogP contribution >= 0.6 is 0 Å². The highest BCUT2D eigenvalue weighted by molar-refractivity contribution is 4.58. The maximum Gasteiger partial charge on any atom is 0.251 e. The predicted molar refractivity (Wildman–Crippen MR) is 50.5 cm³/mol. The van der Waals surface area contributed by atoms with Gasteiger partial charge in [-0.25, -0.2) is 8.78 Å². The molecule has 0 fully saturated rings. The molecule has 86 valence electrons. The van der Waals surface area contributed by atoms with Crippen molar-refractivity contribution in [2.75, 3.05) is 32.8 Å². The Hall–Kier alpha value is -0.260. The number of halogens is 2. The second kappa shape index (κ2) is 9.30. The summed E-state index contributed by atoms with van der Waals surface area (Å²) in [5, 5.41) is 17.1. The summed E-state index contributed by atoms with van der Waals surface area (Å²) < 4.78 is 24.0. The van der Waals surface area contributed by atoms with Gasteiger partial charge < -0.3 is 10.2 Å². The lowest BCUT2D eigenvalue weighted by atomic mass is 10.2. The largest absolute Gasteiger partial charge is 0.396 e. The Bertz CT molecular complexity index is 125. The molecule has 0 aromatic carbocycles. The van der Waals surface area contributed by atoms with Gasteiger partial charge in [0.05, 0.1) is 13.2 Å². The molecule has 2 N–H and O–H groups in total. The molecular formula is C9H19F2NO2. The van der Waals surface area contributed by atoms with Crippen LogP contribution in [-0.2, 0) is 0 Å². The quantitative estimate of drug-likeness (QED) is 0.552. The van der Waals surface area contributed by atoms with E-state index in [4.69, 9.17) is 10.2 Å². The van der Waals surface area contributed by atoms with Crippen molar-refractivity contribution in [2.45, 2.75) is 25.7 Å². The molecule has 0 aliphatic heterocycles. The maximum atomic E-state index is 12.0. The third kappa shape index (κ3) is 8.34. The lowest BCUT2D eigenvalue weighted by Gasteiger charge is -2.20. The van der Waals surface area contributed by atoms with Crippen LogP contribution in [0.5, 0.6) is 0 Å². The Labute approximate surface area is 83.3 Å². The molecule has 0 heterocycles. The SMILES string of the molecule is OCCCCCN(CCO)CC(F)F. The number of aliphatic hydroxyl groups excluding tert-OH is 2. The summed E-state index contributed by atoms with van der Waals surface area (Å²) in [5.41, 5.74) is 0. The van der Waals surface area contributed by atoms with Crippen molar-refractivity contribution in [3.63, 3.8) is 0 Å². The average Bonchev–Trinajstić information content (AvgIpc) is 2.12. The number of alkyl halides is 2. The van der Waals surface area contributed by atoms with Crippen molar-refractivity contribution in [1.82, 2.24) is 4.90 Å². The molecule has 0 aliphatic carbocycles. The summed E-state index contributed by atoms with van der Waals surface area (Å²) in [6.07, 6.45) is -0.0178. The van der Waals surface area contributed by atoms with Crippen LogP contribution in [0.4, 0.5) is 8.78 Å². The predicted octanol–water partition coefficient (Wildman–Crippen LogP) is 0.708. The van der Waals surface area contributed by atoms with Crippen LogP contribution in [0.15, 0.2) is 0 Å². The fraction of sp³-hybridized carbons (Fsp3) is 1.00. The molecule has 0 unspecified atom stereocenters. The van der Waals surface area contributed by atoms with E-state index in [1.807, 2.05) is 0 Å². The van der Waals surface area contributed by atoms with Crippen molar-refractivity contribution in [2.24, 2.45) is 0 Å². The van der Waals surface area contributed by atoms with Gasteiger partial charge in [-0.05, 0) is 25.8 Å². The number of aliphatic hydroxyl groups is 2. The van der Waals surface area contributed by atoms with Gasteiger partial charge in [-0.2, -0.15) is 0 Å². The van der Waals surface area contributed by atoms with Crippen LogP contribution in [0, 0.1) is 0 Å². The fourth-order valence-corrected chi connectivity index (χ4v) is 1.25. The zero-order chi connectivity index (χ0) is 10.8. The monoisotopic (exact) mass is 211 g/mol. The topological polar surface area (TPSA) is 43.7 Å². The Balaban J connectivity index is 3.51. The van der Waals surface area contributed by atoms with Crippen LogP contribution in [0.3, 0.4) is 0 Å². The average molecular weight is 211 g/mol. The van der Waals surface area contributed by atoms with Crippen molar-refractivity contribution in [3.8, 4) is 0 Å². The van der Waals surface area contributed by atoms with Crippen LogP contribution < -0.4 is 0 Å². The second-order valence-corrected chi connectivity index (χ2v) is 3.20. The third-order valence-electron chi connectivity index (χ3n) is 1.94. The molecule has 0 saturated carbocycles. The smallest absolute Gasteiger partial charge is 0.251 e. The summed E-state index contributed by atoms with van der Waals surface area (Å²) in [7, 11) is 0. The van der Waals surface area contributed by atoms with Crippen molar-refractivity contribution >= 4 is 0 Å². The van der Waals surface area contributed by atoms with E-state index in [9.17, 15) is 8.78 Å². The summed E-state index contributed by atoms with van der Waals surface area (Å²) >= 11 is 0. The van der Waals surface area contributed by atoms with Gasteiger partial charge in [0, 0.05) is 13.2 Å². The first-order chi connectivity index (χ1) is 6.70. The minimum absolute atomic E-state index is 0.0906. The molecule has 14 heavy (non-hydrogen) atoms. The molecule has 3 nitrogen and oxygen atoms in total. The Kier molecular flexibility index (Phi) is 9.13. The highest BCUT2D eigenvalue weighted by atomic mass is 19.3. The summed E-state index contributed by atoms with van der Waals surface area (Å²) in [6, 6.07) is 0. The van der Waals surface area contributed by atoms with Gasteiger partial charge in [-0.1, -0.05) is 0 Å². The molecule has 0 aliphatic rings. The first-order valence-corrected chi connectivity index (χ1v) is 4.93. The fourth-order valence-electron chi connectivity index (χ4n) is 1.25. The number of hydrogen-bond acceptors (Lipinski definition) is 3. The Morgan fingerprint density at radius 1 is 0.929 bits per heavy atom. The summed E-state index contributed by atoms with van der Waals surface area (Å²) in [4.78, 5) is 1.54. The molecule has 5 heteroatoms. The first-order valence-electron chi connectivity index (χ1n) is 4.93. The molecule has 0 spiro atoms. The van der Waals surface area contributed by atoms with Gasteiger partial charge in [-0.15, -0.1) is 0 Å². The van der Waals surface area contributed by atoms with Crippen molar-refractivity contribution in [1.29, 1.82) is 0 Å². The van der Waals surface area contributed by atoms with E-state index in [2.05, 4.69) is 0 Å². The number of rotatable bonds is 9. The molecule has 0 bridgehead atoms. The Morgan fingerprint density at radius 2 is 1.64 bits per heavy atom. The molecular weight excluding hydrogens is 192 g/mol. The number of hydrogen-bond donors (Lipinski definition) is 2. The molecule has 0 aromatic heterocycles. The van der Waals surface area contributed by atoms with E-state index in [-0.39, 0.29) is 19.8 Å². The van der Waals surface area contributed by atoms with E-state index in [0.29, 0.717) is 19.5 Å². The first kappa shape index (κ1) is 13.7. The van der Waals surface area contributed by atoms with E-state index in [1.165, 1.54) is 0 Å². The lowest BCUT2D eigenvalue weighted by molar-refractivity contribution is 0.0771. The van der Waals surface area contributed by atoms with Gasteiger partial charge in [-0.3, -0.25) is 4.90 Å². The normalized spacial score (nSPS) is 11.6. The molecule has 0 amide bonds. The lowest BCUT2D eigenvalue weighted by Crippen LogP contribution is -2.32. The standard InChI is InChI=1S/C9H19F2NO2/c10-9(11)8-12(5-7-14)4-2-1-3-6-13/h9,13-14H,1-8H2. The molecule has 0 atom stereocenters. The van der Waals surface area contributed by atoms with E-state index in [1.54, 1.807) is 4.90 Å². The van der Waals surface area contributed by atoms with Crippen molar-refractivity contribution in [3.05, 3.63) is 0 Å². The zero-order valence-corrected chi connectivity index (χ0v) is 8.33. The highest BCUT2D eigenvalue weighted by Gasteiger charge is 2.10. The van der Waals surface area contributed by atoms with Gasteiger partial charge in [0.25, 0.3) is 6.43 Å². The van der Waals surface area contributed by atoms with Crippen LogP contribution in [0.1, 0.15) is 19.3 Å².